The highest BCUT2D eigenvalue weighted by molar-refractivity contribution is 7.15. The fourth-order valence-electron chi connectivity index (χ4n) is 2.66. The largest absolute Gasteiger partial charge is 0.348 e. The second kappa shape index (κ2) is 7.25. The van der Waals surface area contributed by atoms with Gasteiger partial charge in [-0.25, -0.2) is 4.98 Å². The monoisotopic (exact) mass is 281 g/mol. The summed E-state index contributed by atoms with van der Waals surface area (Å²) in [5, 5.41) is 4.52. The minimum atomic E-state index is 0.517. The number of nitrogens with zero attached hydrogens (tertiary/aromatic N) is 2. The third-order valence-corrected chi connectivity index (χ3v) is 4.86. The predicted molar refractivity (Wildman–Crippen MR) is 84.3 cm³/mol. The van der Waals surface area contributed by atoms with Gasteiger partial charge in [0.25, 0.3) is 0 Å². The van der Waals surface area contributed by atoms with E-state index < -0.39 is 0 Å². The first-order chi connectivity index (χ1) is 9.22. The molecule has 2 rings (SSSR count). The topological polar surface area (TPSA) is 28.2 Å². The van der Waals surface area contributed by atoms with Crippen LogP contribution < -0.4 is 10.2 Å². The average Bonchev–Trinajstić information content (AvgIpc) is 2.73. The van der Waals surface area contributed by atoms with Crippen molar-refractivity contribution in [2.45, 2.75) is 58.4 Å². The molecule has 1 N–H and O–H groups in total. The van der Waals surface area contributed by atoms with Crippen LogP contribution in [0, 0.1) is 0 Å². The van der Waals surface area contributed by atoms with Crippen molar-refractivity contribution in [1.29, 1.82) is 0 Å². The zero-order chi connectivity index (χ0) is 13.7. The van der Waals surface area contributed by atoms with Crippen LogP contribution in [0.25, 0.3) is 0 Å². The Morgan fingerprint density at radius 2 is 1.79 bits per heavy atom. The van der Waals surface area contributed by atoms with Gasteiger partial charge < -0.3 is 10.2 Å². The average molecular weight is 281 g/mol. The molecule has 0 atom stereocenters. The van der Waals surface area contributed by atoms with Gasteiger partial charge in [-0.1, -0.05) is 33.1 Å². The van der Waals surface area contributed by atoms with Crippen LogP contribution in [0.5, 0.6) is 0 Å². The van der Waals surface area contributed by atoms with Gasteiger partial charge in [-0.05, 0) is 25.8 Å². The lowest BCUT2D eigenvalue weighted by Gasteiger charge is -2.24. The molecule has 0 bridgehead atoms. The number of nitrogens with one attached hydrogen (secondary N) is 1. The molecule has 0 radical (unpaired) electrons. The number of aromatic nitrogens is 1. The van der Waals surface area contributed by atoms with Gasteiger partial charge in [0.05, 0.1) is 5.69 Å². The van der Waals surface area contributed by atoms with E-state index in [-0.39, 0.29) is 0 Å². The minimum absolute atomic E-state index is 0.517. The molecule has 108 valence electrons. The van der Waals surface area contributed by atoms with Gasteiger partial charge in [0.2, 0.25) is 0 Å². The van der Waals surface area contributed by atoms with Gasteiger partial charge in [0.1, 0.15) is 0 Å². The summed E-state index contributed by atoms with van der Waals surface area (Å²) in [6, 6.07) is 0. The lowest BCUT2D eigenvalue weighted by Crippen LogP contribution is -2.26. The molecular weight excluding hydrogens is 254 g/mol. The van der Waals surface area contributed by atoms with Crippen LogP contribution in [0.1, 0.15) is 62.4 Å². The van der Waals surface area contributed by atoms with Crippen molar-refractivity contribution in [3.63, 3.8) is 0 Å². The van der Waals surface area contributed by atoms with Crippen molar-refractivity contribution in [1.82, 2.24) is 10.3 Å². The molecule has 3 nitrogen and oxygen atoms in total. The van der Waals surface area contributed by atoms with Crippen molar-refractivity contribution < 1.29 is 0 Å². The Balaban J connectivity index is 2.15. The van der Waals surface area contributed by atoms with E-state index in [1.165, 1.54) is 60.9 Å². The summed E-state index contributed by atoms with van der Waals surface area (Å²) in [6.45, 7) is 7.80. The lowest BCUT2D eigenvalue weighted by molar-refractivity contribution is 0.555. The fraction of sp³-hybridized carbons (Fsp3) is 0.800. The van der Waals surface area contributed by atoms with E-state index in [2.05, 4.69) is 24.1 Å². The minimum Gasteiger partial charge on any atom is -0.348 e. The molecule has 1 aromatic heterocycles. The van der Waals surface area contributed by atoms with Crippen molar-refractivity contribution in [3.8, 4) is 0 Å². The van der Waals surface area contributed by atoms with E-state index in [0.717, 1.165) is 6.54 Å². The number of rotatable bonds is 4. The molecule has 4 heteroatoms. The molecule has 0 amide bonds. The third-order valence-electron chi connectivity index (χ3n) is 3.73. The molecule has 1 fully saturated rings. The van der Waals surface area contributed by atoms with Crippen LogP contribution in [0.2, 0.25) is 0 Å². The maximum Gasteiger partial charge on any atom is 0.185 e. The Hall–Kier alpha value is -0.610. The van der Waals surface area contributed by atoms with Crippen molar-refractivity contribution in [2.24, 2.45) is 0 Å². The van der Waals surface area contributed by atoms with E-state index in [1.54, 1.807) is 0 Å². The first kappa shape index (κ1) is 14.8. The SMILES string of the molecule is CNCc1sc(N2CCCCCCC2)nc1C(C)C. The van der Waals surface area contributed by atoms with Crippen LogP contribution >= 0.6 is 11.3 Å². The van der Waals surface area contributed by atoms with Gasteiger partial charge in [-0.15, -0.1) is 11.3 Å². The van der Waals surface area contributed by atoms with Crippen LogP contribution in [-0.2, 0) is 6.54 Å². The molecule has 19 heavy (non-hydrogen) atoms. The summed E-state index contributed by atoms with van der Waals surface area (Å²) < 4.78 is 0. The molecular formula is C15H27N3S. The highest BCUT2D eigenvalue weighted by atomic mass is 32.1. The Bertz CT molecular complexity index is 379. The maximum absolute atomic E-state index is 4.93. The quantitative estimate of drug-likeness (QED) is 0.911. The van der Waals surface area contributed by atoms with Gasteiger partial charge in [-0.2, -0.15) is 0 Å². The van der Waals surface area contributed by atoms with E-state index in [1.807, 2.05) is 18.4 Å². The maximum atomic E-state index is 4.93. The van der Waals surface area contributed by atoms with Gasteiger partial charge in [0.15, 0.2) is 5.13 Å². The number of anilines is 1. The van der Waals surface area contributed by atoms with Gasteiger partial charge in [-0.3, -0.25) is 0 Å². The van der Waals surface area contributed by atoms with E-state index in [4.69, 9.17) is 4.98 Å². The van der Waals surface area contributed by atoms with E-state index in [0.29, 0.717) is 5.92 Å². The van der Waals surface area contributed by atoms with Crippen LogP contribution in [-0.4, -0.2) is 25.1 Å². The number of hydrogen-bond acceptors (Lipinski definition) is 4. The molecule has 1 aromatic rings. The first-order valence-corrected chi connectivity index (χ1v) is 8.43. The summed E-state index contributed by atoms with van der Waals surface area (Å²) in [5.74, 6) is 0.517. The number of thiazole rings is 1. The molecule has 0 spiro atoms. The molecule has 1 aliphatic heterocycles. The summed E-state index contributed by atoms with van der Waals surface area (Å²) in [4.78, 5) is 8.85. The second-order valence-corrected chi connectivity index (χ2v) is 6.81. The standard InChI is InChI=1S/C15H27N3S/c1-12(2)14-13(11-16-3)19-15(17-14)18-9-7-5-4-6-8-10-18/h12,16H,4-11H2,1-3H3. The molecule has 2 heterocycles. The van der Waals surface area contributed by atoms with Crippen LogP contribution in [0.3, 0.4) is 0 Å². The second-order valence-electron chi connectivity index (χ2n) is 5.74. The molecule has 1 aliphatic rings. The lowest BCUT2D eigenvalue weighted by atomic mass is 10.1. The molecule has 0 saturated carbocycles. The van der Waals surface area contributed by atoms with Crippen LogP contribution in [0.15, 0.2) is 0 Å². The molecule has 0 aliphatic carbocycles. The smallest absolute Gasteiger partial charge is 0.185 e. The summed E-state index contributed by atoms with van der Waals surface area (Å²) in [6.07, 6.45) is 6.80. The van der Waals surface area contributed by atoms with Gasteiger partial charge in [0, 0.05) is 24.5 Å². The van der Waals surface area contributed by atoms with Gasteiger partial charge >= 0.3 is 0 Å². The predicted octanol–water partition coefficient (Wildman–Crippen LogP) is 3.76. The molecule has 0 aromatic carbocycles. The third kappa shape index (κ3) is 3.93. The number of hydrogen-bond donors (Lipinski definition) is 1. The zero-order valence-corrected chi connectivity index (χ0v) is 13.4. The van der Waals surface area contributed by atoms with E-state index in [9.17, 15) is 0 Å². The Morgan fingerprint density at radius 3 is 2.37 bits per heavy atom. The summed E-state index contributed by atoms with van der Waals surface area (Å²) in [7, 11) is 2.01. The fourth-order valence-corrected chi connectivity index (χ4v) is 3.94. The molecule has 1 saturated heterocycles. The Kier molecular flexibility index (Phi) is 5.64. The highest BCUT2D eigenvalue weighted by Gasteiger charge is 2.18. The van der Waals surface area contributed by atoms with Crippen molar-refractivity contribution >= 4 is 16.5 Å². The summed E-state index contributed by atoms with van der Waals surface area (Å²) >= 11 is 1.89. The summed E-state index contributed by atoms with van der Waals surface area (Å²) in [5.41, 5.74) is 1.29. The molecule has 0 unspecified atom stereocenters. The Morgan fingerprint density at radius 1 is 1.16 bits per heavy atom. The van der Waals surface area contributed by atoms with Crippen molar-refractivity contribution in [2.75, 3.05) is 25.0 Å². The van der Waals surface area contributed by atoms with E-state index >= 15 is 0 Å². The first-order valence-electron chi connectivity index (χ1n) is 7.61. The Labute approximate surface area is 121 Å². The van der Waals surface area contributed by atoms with Crippen LogP contribution in [0.4, 0.5) is 5.13 Å². The normalized spacial score (nSPS) is 17.6. The van der Waals surface area contributed by atoms with Crippen molar-refractivity contribution in [3.05, 3.63) is 10.6 Å². The zero-order valence-electron chi connectivity index (χ0n) is 12.5. The highest BCUT2D eigenvalue weighted by Crippen LogP contribution is 2.31.